The smallest absolute Gasteiger partial charge is 0.225 e. The molecule has 0 aromatic carbocycles. The Morgan fingerprint density at radius 1 is 1.53 bits per heavy atom. The van der Waals surface area contributed by atoms with Crippen LogP contribution < -0.4 is 0 Å². The Kier molecular flexibility index (Phi) is 5.13. The molecule has 0 spiro atoms. The third-order valence-electron chi connectivity index (χ3n) is 2.82. The number of carbonyl (C=O) groups excluding carboxylic acids is 1. The zero-order valence-electron chi connectivity index (χ0n) is 9.24. The Balaban J connectivity index is 2.38. The fourth-order valence-corrected chi connectivity index (χ4v) is 1.63. The number of amides is 1. The minimum Gasteiger partial charge on any atom is -0.383 e. The molecule has 1 aliphatic rings. The van der Waals surface area contributed by atoms with Gasteiger partial charge >= 0.3 is 0 Å². The predicted octanol–water partition coefficient (Wildman–Crippen LogP) is 1.18. The normalized spacial score (nSPS) is 15.5. The molecule has 1 fully saturated rings. The van der Waals surface area contributed by atoms with Gasteiger partial charge in [0.05, 0.1) is 19.1 Å². The summed E-state index contributed by atoms with van der Waals surface area (Å²) in [6, 6.07) is 2.07. The third kappa shape index (κ3) is 3.52. The molecule has 15 heavy (non-hydrogen) atoms. The van der Waals surface area contributed by atoms with Crippen LogP contribution in [-0.2, 0) is 9.53 Å². The molecule has 84 valence electrons. The highest BCUT2D eigenvalue weighted by molar-refractivity contribution is 5.79. The van der Waals surface area contributed by atoms with Gasteiger partial charge in [-0.3, -0.25) is 4.79 Å². The van der Waals surface area contributed by atoms with Gasteiger partial charge in [-0.05, 0) is 12.8 Å². The number of methoxy groups -OCH3 is 1. The van der Waals surface area contributed by atoms with Gasteiger partial charge < -0.3 is 9.64 Å². The highest BCUT2D eigenvalue weighted by atomic mass is 16.5. The van der Waals surface area contributed by atoms with E-state index in [0.717, 1.165) is 19.3 Å². The number of rotatable bonds is 6. The van der Waals surface area contributed by atoms with E-state index < -0.39 is 0 Å². The fraction of sp³-hybridized carbons (Fsp3) is 0.818. The number of nitriles is 1. The lowest BCUT2D eigenvalue weighted by atomic mass is 9.84. The molecule has 4 heteroatoms. The standard InChI is InChI=1S/C11H18N2O2/c1-15-9-8-13(7-3-6-12)11(14)10-4-2-5-10/h10H,2-5,7-9H2,1H3. The lowest BCUT2D eigenvalue weighted by Gasteiger charge is -2.31. The summed E-state index contributed by atoms with van der Waals surface area (Å²) in [7, 11) is 1.62. The van der Waals surface area contributed by atoms with E-state index in [1.54, 1.807) is 12.0 Å². The molecule has 1 saturated carbocycles. The van der Waals surface area contributed by atoms with E-state index >= 15 is 0 Å². The average molecular weight is 210 g/mol. The van der Waals surface area contributed by atoms with Crippen molar-refractivity contribution in [3.05, 3.63) is 0 Å². The molecule has 0 radical (unpaired) electrons. The monoisotopic (exact) mass is 210 g/mol. The minimum absolute atomic E-state index is 0.202. The van der Waals surface area contributed by atoms with Crippen molar-refractivity contribution in [1.29, 1.82) is 5.26 Å². The van der Waals surface area contributed by atoms with Crippen LogP contribution in [0, 0.1) is 17.2 Å². The van der Waals surface area contributed by atoms with Crippen LogP contribution in [0.3, 0.4) is 0 Å². The van der Waals surface area contributed by atoms with Crippen LogP contribution in [0.2, 0.25) is 0 Å². The predicted molar refractivity (Wildman–Crippen MR) is 56.0 cm³/mol. The van der Waals surface area contributed by atoms with Gasteiger partial charge in [0.1, 0.15) is 0 Å². The maximum Gasteiger partial charge on any atom is 0.225 e. The Hall–Kier alpha value is -1.08. The lowest BCUT2D eigenvalue weighted by molar-refractivity contribution is -0.138. The molecule has 0 atom stereocenters. The number of nitrogens with zero attached hydrogens (tertiary/aromatic N) is 2. The van der Waals surface area contributed by atoms with E-state index in [9.17, 15) is 4.79 Å². The van der Waals surface area contributed by atoms with E-state index in [1.807, 2.05) is 0 Å². The highest BCUT2D eigenvalue weighted by Crippen LogP contribution is 2.28. The number of ether oxygens (including phenoxy) is 1. The van der Waals surface area contributed by atoms with Crippen LogP contribution in [0.4, 0.5) is 0 Å². The van der Waals surface area contributed by atoms with E-state index in [1.165, 1.54) is 0 Å². The Morgan fingerprint density at radius 3 is 2.73 bits per heavy atom. The molecule has 0 heterocycles. The molecule has 0 aromatic rings. The van der Waals surface area contributed by atoms with Crippen molar-refractivity contribution in [3.63, 3.8) is 0 Å². The Morgan fingerprint density at radius 2 is 2.27 bits per heavy atom. The molecule has 0 aromatic heterocycles. The van der Waals surface area contributed by atoms with Gasteiger partial charge in [0.25, 0.3) is 0 Å². The van der Waals surface area contributed by atoms with E-state index in [2.05, 4.69) is 6.07 Å². The molecule has 0 aliphatic heterocycles. The first-order valence-corrected chi connectivity index (χ1v) is 5.44. The van der Waals surface area contributed by atoms with Crippen molar-refractivity contribution >= 4 is 5.91 Å². The summed E-state index contributed by atoms with van der Waals surface area (Å²) in [4.78, 5) is 13.7. The summed E-state index contributed by atoms with van der Waals surface area (Å²) in [5, 5.41) is 8.51. The second-order valence-electron chi connectivity index (χ2n) is 3.85. The van der Waals surface area contributed by atoms with Gasteiger partial charge in [-0.25, -0.2) is 0 Å². The minimum atomic E-state index is 0.202. The summed E-state index contributed by atoms with van der Waals surface area (Å²) >= 11 is 0. The van der Waals surface area contributed by atoms with Crippen LogP contribution >= 0.6 is 0 Å². The van der Waals surface area contributed by atoms with Crippen molar-refractivity contribution in [1.82, 2.24) is 4.90 Å². The molecule has 0 unspecified atom stereocenters. The van der Waals surface area contributed by atoms with Crippen LogP contribution in [0.5, 0.6) is 0 Å². The number of carbonyl (C=O) groups is 1. The number of hydrogen-bond acceptors (Lipinski definition) is 3. The molecule has 0 N–H and O–H groups in total. The van der Waals surface area contributed by atoms with Gasteiger partial charge in [-0.2, -0.15) is 5.26 Å². The first kappa shape index (κ1) is 12.0. The lowest BCUT2D eigenvalue weighted by Crippen LogP contribution is -2.41. The maximum atomic E-state index is 11.9. The summed E-state index contributed by atoms with van der Waals surface area (Å²) in [6.45, 7) is 1.69. The maximum absolute atomic E-state index is 11.9. The zero-order chi connectivity index (χ0) is 11.1. The van der Waals surface area contributed by atoms with Gasteiger partial charge in [-0.1, -0.05) is 6.42 Å². The topological polar surface area (TPSA) is 53.3 Å². The quantitative estimate of drug-likeness (QED) is 0.661. The van der Waals surface area contributed by atoms with Gasteiger partial charge in [0, 0.05) is 26.1 Å². The zero-order valence-corrected chi connectivity index (χ0v) is 9.24. The first-order valence-electron chi connectivity index (χ1n) is 5.44. The van der Waals surface area contributed by atoms with Gasteiger partial charge in [0.15, 0.2) is 0 Å². The summed E-state index contributed by atoms with van der Waals surface area (Å²) in [5.74, 6) is 0.411. The van der Waals surface area contributed by atoms with E-state index in [0.29, 0.717) is 26.1 Å². The van der Waals surface area contributed by atoms with Crippen molar-refractivity contribution in [2.75, 3.05) is 26.8 Å². The third-order valence-corrected chi connectivity index (χ3v) is 2.82. The molecular weight excluding hydrogens is 192 g/mol. The fourth-order valence-electron chi connectivity index (χ4n) is 1.63. The Bertz CT molecular complexity index is 243. The number of hydrogen-bond donors (Lipinski definition) is 0. The van der Waals surface area contributed by atoms with Crippen molar-refractivity contribution in [2.24, 2.45) is 5.92 Å². The second-order valence-corrected chi connectivity index (χ2v) is 3.85. The molecule has 0 saturated heterocycles. The van der Waals surface area contributed by atoms with Crippen molar-refractivity contribution in [2.45, 2.75) is 25.7 Å². The van der Waals surface area contributed by atoms with Crippen LogP contribution in [0.1, 0.15) is 25.7 Å². The molecule has 1 rings (SSSR count). The second kappa shape index (κ2) is 6.41. The van der Waals surface area contributed by atoms with Gasteiger partial charge in [0.2, 0.25) is 5.91 Å². The summed E-state index contributed by atoms with van der Waals surface area (Å²) in [6.07, 6.45) is 3.58. The Labute approximate surface area is 90.8 Å². The molecular formula is C11H18N2O2. The summed E-state index contributed by atoms with van der Waals surface area (Å²) in [5.41, 5.74) is 0. The van der Waals surface area contributed by atoms with Gasteiger partial charge in [-0.15, -0.1) is 0 Å². The summed E-state index contributed by atoms with van der Waals surface area (Å²) < 4.78 is 4.96. The largest absolute Gasteiger partial charge is 0.383 e. The highest BCUT2D eigenvalue weighted by Gasteiger charge is 2.28. The van der Waals surface area contributed by atoms with Crippen molar-refractivity contribution < 1.29 is 9.53 Å². The van der Waals surface area contributed by atoms with Crippen molar-refractivity contribution in [3.8, 4) is 6.07 Å². The SMILES string of the molecule is COCCN(CCC#N)C(=O)C1CCC1. The molecule has 1 aliphatic carbocycles. The molecule has 1 amide bonds. The van der Waals surface area contributed by atoms with Crippen LogP contribution in [0.15, 0.2) is 0 Å². The van der Waals surface area contributed by atoms with Crippen LogP contribution in [0.25, 0.3) is 0 Å². The first-order chi connectivity index (χ1) is 7.29. The molecule has 0 bridgehead atoms. The molecule has 4 nitrogen and oxygen atoms in total. The van der Waals surface area contributed by atoms with E-state index in [-0.39, 0.29) is 11.8 Å². The van der Waals surface area contributed by atoms with Crippen LogP contribution in [-0.4, -0.2) is 37.6 Å². The van der Waals surface area contributed by atoms with E-state index in [4.69, 9.17) is 10.00 Å². The average Bonchev–Trinajstić information content (AvgIpc) is 2.15.